The summed E-state index contributed by atoms with van der Waals surface area (Å²) in [6.45, 7) is 5.71. The molecule has 4 rings (SSSR count). The van der Waals surface area contributed by atoms with Crippen molar-refractivity contribution < 1.29 is 4.79 Å². The summed E-state index contributed by atoms with van der Waals surface area (Å²) in [5.41, 5.74) is 3.73. The minimum absolute atomic E-state index is 0.193. The summed E-state index contributed by atoms with van der Waals surface area (Å²) in [5, 5.41) is 13.5. The molecule has 0 radical (unpaired) electrons. The van der Waals surface area contributed by atoms with Gasteiger partial charge in [-0.3, -0.25) is 4.79 Å². The molecule has 1 saturated heterocycles. The van der Waals surface area contributed by atoms with Gasteiger partial charge in [0.25, 0.3) is 5.56 Å². The van der Waals surface area contributed by atoms with Crippen LogP contribution in [0, 0.1) is 6.92 Å². The molecule has 0 saturated carbocycles. The molecule has 2 heterocycles. The van der Waals surface area contributed by atoms with E-state index in [9.17, 15) is 9.59 Å². The van der Waals surface area contributed by atoms with Gasteiger partial charge in [0, 0.05) is 31.0 Å². The average Bonchev–Trinajstić information content (AvgIpc) is 3.09. The van der Waals surface area contributed by atoms with Gasteiger partial charge in [-0.15, -0.1) is 0 Å². The van der Waals surface area contributed by atoms with E-state index in [1.165, 1.54) is 4.68 Å². The molecule has 8 nitrogen and oxygen atoms in total. The van der Waals surface area contributed by atoms with Crippen molar-refractivity contribution in [3.63, 3.8) is 0 Å². The Balaban J connectivity index is 1.39. The van der Waals surface area contributed by atoms with Gasteiger partial charge in [-0.25, -0.2) is 9.48 Å². The number of nitrogens with zero attached hydrogens (tertiary/aromatic N) is 3. The van der Waals surface area contributed by atoms with Crippen LogP contribution in [0.15, 0.2) is 59.5 Å². The van der Waals surface area contributed by atoms with Gasteiger partial charge in [0.15, 0.2) is 0 Å². The molecule has 2 aromatic carbocycles. The first-order valence-corrected chi connectivity index (χ1v) is 11.3. The summed E-state index contributed by atoms with van der Waals surface area (Å²) in [7, 11) is 0. The Morgan fingerprint density at radius 3 is 2.39 bits per heavy atom. The molecular formula is C24H27ClN6O2. The molecule has 0 bridgehead atoms. The van der Waals surface area contributed by atoms with Gasteiger partial charge in [0.05, 0.1) is 18.4 Å². The van der Waals surface area contributed by atoms with Gasteiger partial charge >= 0.3 is 6.03 Å². The van der Waals surface area contributed by atoms with E-state index in [1.54, 1.807) is 18.3 Å². The van der Waals surface area contributed by atoms with Gasteiger partial charge in [-0.1, -0.05) is 41.4 Å². The zero-order valence-electron chi connectivity index (χ0n) is 18.5. The second-order valence-corrected chi connectivity index (χ2v) is 8.42. The molecule has 2 amide bonds. The Morgan fingerprint density at radius 2 is 1.70 bits per heavy atom. The molecule has 1 aliphatic rings. The minimum Gasteiger partial charge on any atom is -0.368 e. The number of hydrogen-bond donors (Lipinski definition) is 3. The highest BCUT2D eigenvalue weighted by molar-refractivity contribution is 6.33. The van der Waals surface area contributed by atoms with E-state index in [2.05, 4.69) is 25.9 Å². The lowest BCUT2D eigenvalue weighted by atomic mass is 10.2. The smallest absolute Gasteiger partial charge is 0.323 e. The van der Waals surface area contributed by atoms with Gasteiger partial charge in [0.2, 0.25) is 0 Å². The number of amides is 2. The van der Waals surface area contributed by atoms with Crippen LogP contribution in [0.2, 0.25) is 5.02 Å². The lowest BCUT2D eigenvalue weighted by Crippen LogP contribution is -2.32. The van der Waals surface area contributed by atoms with Crippen molar-refractivity contribution in [2.75, 3.05) is 41.7 Å². The maximum absolute atomic E-state index is 12.8. The Kier molecular flexibility index (Phi) is 7.26. The van der Waals surface area contributed by atoms with Crippen LogP contribution in [-0.4, -0.2) is 42.0 Å². The van der Waals surface area contributed by atoms with Crippen LogP contribution < -0.4 is 26.4 Å². The lowest BCUT2D eigenvalue weighted by molar-refractivity contribution is 0.262. The van der Waals surface area contributed by atoms with E-state index >= 15 is 0 Å². The number of hydrogen-bond acceptors (Lipinski definition) is 5. The summed E-state index contributed by atoms with van der Waals surface area (Å²) in [6, 6.07) is 14.5. The highest BCUT2D eigenvalue weighted by Crippen LogP contribution is 2.22. The number of carbonyl (C=O) groups is 1. The molecule has 0 unspecified atom stereocenters. The Hall–Kier alpha value is -3.36. The summed E-state index contributed by atoms with van der Waals surface area (Å²) >= 11 is 6.42. The highest BCUT2D eigenvalue weighted by atomic mass is 35.5. The molecule has 3 aromatic rings. The zero-order chi connectivity index (χ0) is 23.2. The number of carbonyl (C=O) groups excluding carboxylic acids is 1. The van der Waals surface area contributed by atoms with E-state index in [4.69, 9.17) is 11.6 Å². The number of aromatic nitrogens is 2. The molecule has 1 aliphatic heterocycles. The third-order valence-electron chi connectivity index (χ3n) is 5.50. The number of halogens is 1. The number of rotatable bonds is 5. The van der Waals surface area contributed by atoms with Crippen LogP contribution in [0.4, 0.5) is 21.9 Å². The number of nitrogens with one attached hydrogen (secondary N) is 3. The molecule has 0 spiro atoms. The summed E-state index contributed by atoms with van der Waals surface area (Å²) in [6.07, 6.45) is 2.66. The fourth-order valence-corrected chi connectivity index (χ4v) is 3.94. The Bertz CT molecular complexity index is 1150. The summed E-state index contributed by atoms with van der Waals surface area (Å²) in [4.78, 5) is 27.1. The molecule has 3 N–H and O–H groups in total. The van der Waals surface area contributed by atoms with E-state index in [0.29, 0.717) is 11.4 Å². The first-order chi connectivity index (χ1) is 16.0. The Labute approximate surface area is 197 Å². The molecule has 172 valence electrons. The fourth-order valence-electron chi connectivity index (χ4n) is 3.67. The lowest BCUT2D eigenvalue weighted by Gasteiger charge is -2.23. The SMILES string of the molecule is Cc1ccc(NC(=O)Nc2ccc(Cn3ncc(N4CCCNCC4)c(Cl)c3=O)cc2)cc1. The first kappa shape index (κ1) is 22.8. The topological polar surface area (TPSA) is 91.3 Å². The van der Waals surface area contributed by atoms with Crippen LogP contribution in [0.3, 0.4) is 0 Å². The molecular weight excluding hydrogens is 440 g/mol. The Morgan fingerprint density at radius 1 is 1.03 bits per heavy atom. The van der Waals surface area contributed by atoms with E-state index in [0.717, 1.165) is 49.4 Å². The van der Waals surface area contributed by atoms with Crippen LogP contribution in [0.5, 0.6) is 0 Å². The number of urea groups is 1. The van der Waals surface area contributed by atoms with Gasteiger partial charge in [0.1, 0.15) is 5.02 Å². The zero-order valence-corrected chi connectivity index (χ0v) is 19.2. The first-order valence-electron chi connectivity index (χ1n) is 10.9. The van der Waals surface area contributed by atoms with Crippen molar-refractivity contribution in [2.24, 2.45) is 0 Å². The van der Waals surface area contributed by atoms with Crippen LogP contribution in [-0.2, 0) is 6.54 Å². The van der Waals surface area contributed by atoms with Crippen molar-refractivity contribution in [3.8, 4) is 0 Å². The van der Waals surface area contributed by atoms with E-state index < -0.39 is 0 Å². The molecule has 33 heavy (non-hydrogen) atoms. The van der Waals surface area contributed by atoms with Crippen molar-refractivity contribution >= 4 is 34.7 Å². The second kappa shape index (κ2) is 10.5. The monoisotopic (exact) mass is 466 g/mol. The highest BCUT2D eigenvalue weighted by Gasteiger charge is 2.17. The predicted molar refractivity (Wildman–Crippen MR) is 133 cm³/mol. The third kappa shape index (κ3) is 5.91. The van der Waals surface area contributed by atoms with Crippen LogP contribution >= 0.6 is 11.6 Å². The van der Waals surface area contributed by atoms with Gasteiger partial charge in [-0.2, -0.15) is 5.10 Å². The molecule has 1 fully saturated rings. The van der Waals surface area contributed by atoms with Gasteiger partial charge < -0.3 is 20.9 Å². The fraction of sp³-hybridized carbons (Fsp3) is 0.292. The largest absolute Gasteiger partial charge is 0.368 e. The molecule has 0 aliphatic carbocycles. The maximum atomic E-state index is 12.8. The van der Waals surface area contributed by atoms with Gasteiger partial charge in [-0.05, 0) is 49.7 Å². The predicted octanol–water partition coefficient (Wildman–Crippen LogP) is 3.70. The quantitative estimate of drug-likeness (QED) is 0.533. The molecule has 1 aromatic heterocycles. The van der Waals surface area contributed by atoms with Crippen molar-refractivity contribution in [2.45, 2.75) is 19.9 Å². The third-order valence-corrected chi connectivity index (χ3v) is 5.86. The van der Waals surface area contributed by atoms with E-state index in [-0.39, 0.29) is 23.2 Å². The second-order valence-electron chi connectivity index (χ2n) is 8.04. The van der Waals surface area contributed by atoms with Crippen molar-refractivity contribution in [1.29, 1.82) is 0 Å². The molecule has 9 heteroatoms. The molecule has 0 atom stereocenters. The normalized spacial score (nSPS) is 13.9. The van der Waals surface area contributed by atoms with Crippen LogP contribution in [0.25, 0.3) is 0 Å². The summed E-state index contributed by atoms with van der Waals surface area (Å²) < 4.78 is 1.36. The van der Waals surface area contributed by atoms with Crippen molar-refractivity contribution in [3.05, 3.63) is 81.2 Å². The summed E-state index contributed by atoms with van der Waals surface area (Å²) in [5.74, 6) is 0. The number of aryl methyl sites for hydroxylation is 1. The number of benzene rings is 2. The average molecular weight is 467 g/mol. The van der Waals surface area contributed by atoms with Crippen LogP contribution in [0.1, 0.15) is 17.5 Å². The minimum atomic E-state index is -0.324. The van der Waals surface area contributed by atoms with Crippen molar-refractivity contribution in [1.82, 2.24) is 15.1 Å². The standard InChI is InChI=1S/C24H27ClN6O2/c1-17-3-7-19(8-4-17)28-24(33)29-20-9-5-18(6-10-20)16-31-23(32)22(25)21(15-27-31)30-13-2-11-26-12-14-30/h3-10,15,26H,2,11-14,16H2,1H3,(H2,28,29,33). The van der Waals surface area contributed by atoms with E-state index in [1.807, 2.05) is 43.3 Å². The maximum Gasteiger partial charge on any atom is 0.323 e. The number of anilines is 3.